The summed E-state index contributed by atoms with van der Waals surface area (Å²) in [5.74, 6) is 0. The second-order valence-electron chi connectivity index (χ2n) is 4.13. The first kappa shape index (κ1) is 8.36. The van der Waals surface area contributed by atoms with E-state index in [0.29, 0.717) is 0 Å². The Morgan fingerprint density at radius 1 is 0.727 bits per heavy atom. The van der Waals surface area contributed by atoms with Gasteiger partial charge in [0.25, 0.3) is 0 Å². The van der Waals surface area contributed by atoms with E-state index in [0.717, 1.165) is 0 Å². The third-order valence-corrected chi connectivity index (χ3v) is 13.7. The van der Waals surface area contributed by atoms with Gasteiger partial charge in [0.05, 0.1) is 0 Å². The van der Waals surface area contributed by atoms with Crippen molar-refractivity contribution in [1.82, 2.24) is 4.90 Å². The molecule has 0 amide bonds. The van der Waals surface area contributed by atoms with Crippen molar-refractivity contribution in [3.8, 4) is 0 Å². The molecular formula is C9H19NSn. The van der Waals surface area contributed by atoms with Crippen molar-refractivity contribution in [2.75, 3.05) is 19.6 Å². The van der Waals surface area contributed by atoms with E-state index in [-0.39, 0.29) is 0 Å². The Labute approximate surface area is 76.9 Å². The van der Waals surface area contributed by atoms with Gasteiger partial charge in [-0.3, -0.25) is 0 Å². The van der Waals surface area contributed by atoms with E-state index in [4.69, 9.17) is 0 Å². The van der Waals surface area contributed by atoms with Gasteiger partial charge in [-0.15, -0.1) is 0 Å². The molecule has 0 aromatic rings. The normalized spacial score (nSPS) is 39.3. The quantitative estimate of drug-likeness (QED) is 0.599. The Hall–Kier alpha value is 0.759. The van der Waals surface area contributed by atoms with Gasteiger partial charge in [-0.1, -0.05) is 0 Å². The molecule has 0 radical (unpaired) electrons. The first-order valence-corrected chi connectivity index (χ1v) is 12.2. The van der Waals surface area contributed by atoms with E-state index < -0.39 is 19.8 Å². The zero-order valence-corrected chi connectivity index (χ0v) is 10.7. The predicted octanol–water partition coefficient (Wildman–Crippen LogP) is 1.71. The molecule has 64 valence electrons. The van der Waals surface area contributed by atoms with Crippen LogP contribution in [-0.4, -0.2) is 44.3 Å². The van der Waals surface area contributed by atoms with Gasteiger partial charge in [0.2, 0.25) is 0 Å². The molecule has 2 heteroatoms. The molecule has 0 atom stereocenters. The van der Waals surface area contributed by atoms with E-state index >= 15 is 0 Å². The number of hydrogen-bond donors (Lipinski definition) is 0. The number of hydrogen-bond acceptors (Lipinski definition) is 1. The van der Waals surface area contributed by atoms with Gasteiger partial charge < -0.3 is 0 Å². The molecule has 3 aliphatic heterocycles. The minimum atomic E-state index is -0.846. The van der Waals surface area contributed by atoms with Gasteiger partial charge in [0.15, 0.2) is 0 Å². The molecular weight excluding hydrogens is 241 g/mol. The number of nitrogens with zero attached hydrogens (tertiary/aromatic N) is 1. The summed E-state index contributed by atoms with van der Waals surface area (Å²) in [7, 11) is 0. The van der Waals surface area contributed by atoms with Crippen molar-refractivity contribution in [2.24, 2.45) is 0 Å². The molecule has 0 aliphatic carbocycles. The van der Waals surface area contributed by atoms with Crippen LogP contribution in [0.25, 0.3) is 0 Å². The van der Waals surface area contributed by atoms with Crippen LogP contribution >= 0.6 is 0 Å². The van der Waals surface area contributed by atoms with Crippen molar-refractivity contribution >= 4 is 19.8 Å². The molecule has 0 unspecified atom stereocenters. The summed E-state index contributed by atoms with van der Waals surface area (Å²) in [6.07, 6.45) is 4.67. The van der Waals surface area contributed by atoms with Crippen LogP contribution in [0.2, 0.25) is 13.3 Å². The van der Waals surface area contributed by atoms with Crippen LogP contribution in [0.15, 0.2) is 0 Å². The topological polar surface area (TPSA) is 3.24 Å². The van der Waals surface area contributed by atoms with Crippen LogP contribution in [-0.2, 0) is 0 Å². The van der Waals surface area contributed by atoms with E-state index in [2.05, 4.69) is 4.90 Å². The molecule has 0 spiro atoms. The van der Waals surface area contributed by atoms with Crippen LogP contribution in [0, 0.1) is 0 Å². The van der Waals surface area contributed by atoms with Gasteiger partial charge in [-0.25, -0.2) is 0 Å². The monoisotopic (exact) mass is 261 g/mol. The first-order chi connectivity index (χ1) is 5.45. The Morgan fingerprint density at radius 2 is 1.18 bits per heavy atom. The summed E-state index contributed by atoms with van der Waals surface area (Å²) in [5, 5.41) is 0. The Bertz CT molecular complexity index is 91.0. The molecule has 3 heterocycles. The van der Waals surface area contributed by atoms with Crippen molar-refractivity contribution in [1.29, 1.82) is 0 Å². The summed E-state index contributed by atoms with van der Waals surface area (Å²) >= 11 is -0.846. The van der Waals surface area contributed by atoms with Gasteiger partial charge >= 0.3 is 76.9 Å². The van der Waals surface area contributed by atoms with Gasteiger partial charge in [-0.05, 0) is 0 Å². The van der Waals surface area contributed by atoms with E-state index in [9.17, 15) is 0 Å². The van der Waals surface area contributed by atoms with Crippen LogP contribution < -0.4 is 0 Å². The van der Waals surface area contributed by atoms with Crippen LogP contribution in [0.1, 0.15) is 19.3 Å². The summed E-state index contributed by atoms with van der Waals surface area (Å²) in [5.41, 5.74) is 0. The molecule has 0 saturated carbocycles. The Balaban J connectivity index is 1.96. The van der Waals surface area contributed by atoms with Crippen molar-refractivity contribution in [2.45, 2.75) is 32.6 Å². The average molecular weight is 260 g/mol. The molecule has 2 bridgehead atoms. The minimum absolute atomic E-state index is 0.846. The molecule has 3 aliphatic rings. The predicted molar refractivity (Wildman–Crippen MR) is 51.9 cm³/mol. The zero-order valence-electron chi connectivity index (χ0n) is 7.39. The molecule has 0 aromatic heterocycles. The average Bonchev–Trinajstić information content (AvgIpc) is 1.80. The Morgan fingerprint density at radius 3 is 1.64 bits per heavy atom. The zero-order chi connectivity index (χ0) is 7.52. The van der Waals surface area contributed by atoms with Crippen LogP contribution in [0.3, 0.4) is 0 Å². The van der Waals surface area contributed by atoms with Crippen molar-refractivity contribution in [3.05, 3.63) is 0 Å². The molecule has 1 nitrogen and oxygen atoms in total. The molecule has 0 aromatic carbocycles. The fourth-order valence-electron chi connectivity index (χ4n) is 2.58. The van der Waals surface area contributed by atoms with E-state index in [1.807, 2.05) is 0 Å². The van der Waals surface area contributed by atoms with Crippen molar-refractivity contribution in [3.63, 3.8) is 0 Å². The maximum atomic E-state index is 2.70. The van der Waals surface area contributed by atoms with E-state index in [1.165, 1.54) is 19.6 Å². The Kier molecular flexibility index (Phi) is 3.14. The molecule has 11 heavy (non-hydrogen) atoms. The number of fused-ring (bicyclic) bond motifs is 6. The molecule has 3 fully saturated rings. The SMILES string of the molecule is C1CN2CC[CH2][SnH]([CH2]1)[CH2]CC2. The molecule has 3 rings (SSSR count). The number of rotatable bonds is 0. The summed E-state index contributed by atoms with van der Waals surface area (Å²) in [6, 6.07) is 0. The second-order valence-corrected chi connectivity index (χ2v) is 14.0. The van der Waals surface area contributed by atoms with Gasteiger partial charge in [0, 0.05) is 0 Å². The van der Waals surface area contributed by atoms with Crippen LogP contribution in [0.5, 0.6) is 0 Å². The maximum absolute atomic E-state index is 2.70. The van der Waals surface area contributed by atoms with Gasteiger partial charge in [0.1, 0.15) is 0 Å². The second kappa shape index (κ2) is 4.13. The summed E-state index contributed by atoms with van der Waals surface area (Å²) in [6.45, 7) is 4.31. The molecule has 0 N–H and O–H groups in total. The standard InChI is InChI=1S/C9H18N.Sn.H/c1-4-7-10(8-5-2)9-6-3;;/h1-9H2;;. The fourth-order valence-corrected chi connectivity index (χ4v) is 11.6. The molecule has 3 saturated heterocycles. The van der Waals surface area contributed by atoms with Crippen LogP contribution in [0.4, 0.5) is 0 Å². The van der Waals surface area contributed by atoms with E-state index in [1.54, 1.807) is 32.6 Å². The fraction of sp³-hybridized carbons (Fsp3) is 1.00. The third kappa shape index (κ3) is 2.35. The summed E-state index contributed by atoms with van der Waals surface area (Å²) in [4.78, 5) is 2.70. The summed E-state index contributed by atoms with van der Waals surface area (Å²) < 4.78 is 5.16. The first-order valence-electron chi connectivity index (χ1n) is 5.17. The van der Waals surface area contributed by atoms with Crippen molar-refractivity contribution < 1.29 is 0 Å². The van der Waals surface area contributed by atoms with Gasteiger partial charge in [-0.2, -0.15) is 0 Å². The third-order valence-electron chi connectivity index (χ3n) is 3.26.